The van der Waals surface area contributed by atoms with Crippen molar-refractivity contribution >= 4 is 33.4 Å². The Bertz CT molecular complexity index is 891. The predicted molar refractivity (Wildman–Crippen MR) is 113 cm³/mol. The van der Waals surface area contributed by atoms with Gasteiger partial charge >= 0.3 is 0 Å². The first kappa shape index (κ1) is 21.6. The van der Waals surface area contributed by atoms with Crippen molar-refractivity contribution in [3.05, 3.63) is 29.3 Å². The van der Waals surface area contributed by atoms with Crippen molar-refractivity contribution in [2.45, 2.75) is 61.9 Å². The molecule has 4 rings (SSSR count). The average Bonchev–Trinajstić information content (AvgIpc) is 3.37. The van der Waals surface area contributed by atoms with Crippen LogP contribution < -0.4 is 4.72 Å². The van der Waals surface area contributed by atoms with Gasteiger partial charge < -0.3 is 9.80 Å². The second kappa shape index (κ2) is 8.85. The van der Waals surface area contributed by atoms with Crippen LogP contribution in [0, 0.1) is 5.92 Å². The van der Waals surface area contributed by atoms with E-state index in [9.17, 15) is 18.0 Å². The van der Waals surface area contributed by atoms with Gasteiger partial charge in [-0.1, -0.05) is 24.4 Å². The number of likely N-dealkylation sites (tertiary alicyclic amines) is 2. The van der Waals surface area contributed by atoms with Gasteiger partial charge in [-0.15, -0.1) is 0 Å². The summed E-state index contributed by atoms with van der Waals surface area (Å²) in [6, 6.07) is 6.16. The molecule has 3 aliphatic rings. The lowest BCUT2D eigenvalue weighted by Crippen LogP contribution is -2.48. The number of piperidine rings is 1. The molecule has 7 nitrogen and oxygen atoms in total. The molecule has 0 spiro atoms. The van der Waals surface area contributed by atoms with E-state index in [0.29, 0.717) is 50.0 Å². The van der Waals surface area contributed by atoms with Crippen LogP contribution in [0.4, 0.5) is 0 Å². The fourth-order valence-electron chi connectivity index (χ4n) is 4.84. The number of nitrogens with one attached hydrogen (secondary N) is 1. The second-order valence-electron chi connectivity index (χ2n) is 8.56. The van der Waals surface area contributed by atoms with E-state index in [4.69, 9.17) is 11.6 Å². The molecule has 30 heavy (non-hydrogen) atoms. The van der Waals surface area contributed by atoms with E-state index in [1.165, 1.54) is 12.1 Å². The first-order valence-electron chi connectivity index (χ1n) is 10.7. The third-order valence-electron chi connectivity index (χ3n) is 6.53. The van der Waals surface area contributed by atoms with Gasteiger partial charge in [0.2, 0.25) is 21.8 Å². The molecule has 2 saturated heterocycles. The maximum absolute atomic E-state index is 12.9. The fraction of sp³-hybridized carbons (Fsp3) is 0.619. The summed E-state index contributed by atoms with van der Waals surface area (Å²) in [6.07, 6.45) is 5.84. The monoisotopic (exact) mass is 453 g/mol. The number of amides is 2. The molecule has 2 amide bonds. The molecular weight excluding hydrogens is 426 g/mol. The summed E-state index contributed by atoms with van der Waals surface area (Å²) in [6.45, 7) is 1.53. The van der Waals surface area contributed by atoms with Gasteiger partial charge in [0.15, 0.2) is 0 Å². The summed E-state index contributed by atoms with van der Waals surface area (Å²) in [5, 5.41) is 0.484. The van der Waals surface area contributed by atoms with Crippen LogP contribution in [0.25, 0.3) is 0 Å². The van der Waals surface area contributed by atoms with Crippen LogP contribution in [0.2, 0.25) is 5.02 Å². The lowest BCUT2D eigenvalue weighted by molar-refractivity contribution is -0.136. The molecule has 0 aromatic heterocycles. The molecule has 9 heteroatoms. The number of benzene rings is 1. The van der Waals surface area contributed by atoms with Crippen LogP contribution in [-0.2, 0) is 19.6 Å². The minimum Gasteiger partial charge on any atom is -0.342 e. The van der Waals surface area contributed by atoms with Crippen LogP contribution in [0.3, 0.4) is 0 Å². The summed E-state index contributed by atoms with van der Waals surface area (Å²) < 4.78 is 27.9. The number of halogens is 1. The SMILES string of the molecule is O=C(C1CC(=O)N(C2CCCC2)C1)N1CCC(NS(=O)(=O)c2ccc(Cl)cc2)CC1. The Kier molecular flexibility index (Phi) is 6.36. The van der Waals surface area contributed by atoms with Crippen molar-refractivity contribution in [1.82, 2.24) is 14.5 Å². The lowest BCUT2D eigenvalue weighted by Gasteiger charge is -2.33. The van der Waals surface area contributed by atoms with E-state index in [2.05, 4.69) is 4.72 Å². The molecule has 164 valence electrons. The maximum atomic E-state index is 12.9. The zero-order chi connectivity index (χ0) is 21.3. The van der Waals surface area contributed by atoms with Crippen LogP contribution >= 0.6 is 11.6 Å². The minimum atomic E-state index is -3.62. The zero-order valence-corrected chi connectivity index (χ0v) is 18.5. The number of nitrogens with zero attached hydrogens (tertiary/aromatic N) is 2. The molecule has 3 fully saturated rings. The molecule has 2 aliphatic heterocycles. The highest BCUT2D eigenvalue weighted by atomic mass is 35.5. The summed E-state index contributed by atoms with van der Waals surface area (Å²) in [7, 11) is -3.62. The van der Waals surface area contributed by atoms with E-state index in [-0.39, 0.29) is 28.7 Å². The second-order valence-corrected chi connectivity index (χ2v) is 10.7. The van der Waals surface area contributed by atoms with Gasteiger partial charge in [0.05, 0.1) is 10.8 Å². The fourth-order valence-corrected chi connectivity index (χ4v) is 6.27. The molecule has 2 heterocycles. The zero-order valence-electron chi connectivity index (χ0n) is 16.9. The highest BCUT2D eigenvalue weighted by Crippen LogP contribution is 2.30. The third kappa shape index (κ3) is 4.65. The summed E-state index contributed by atoms with van der Waals surface area (Å²) in [4.78, 5) is 29.2. The van der Waals surface area contributed by atoms with Gasteiger partial charge in [0, 0.05) is 43.2 Å². The standard InChI is InChI=1S/C21H28ClN3O4S/c22-16-5-7-19(8-6-16)30(28,29)23-17-9-11-24(12-10-17)21(27)15-13-20(26)25(14-15)18-3-1-2-4-18/h5-8,15,17-18,23H,1-4,9-14H2. The topological polar surface area (TPSA) is 86.8 Å². The normalized spacial score (nSPS) is 24.0. The van der Waals surface area contributed by atoms with E-state index >= 15 is 0 Å². The molecule has 0 radical (unpaired) electrons. The molecule has 1 aromatic carbocycles. The molecule has 1 unspecified atom stereocenters. The minimum absolute atomic E-state index is 0.0304. The summed E-state index contributed by atoms with van der Waals surface area (Å²) in [5.41, 5.74) is 0. The quantitative estimate of drug-likeness (QED) is 0.741. The van der Waals surface area contributed by atoms with E-state index in [1.807, 2.05) is 4.90 Å². The Morgan fingerprint density at radius 3 is 2.30 bits per heavy atom. The van der Waals surface area contributed by atoms with Crippen LogP contribution in [0.1, 0.15) is 44.9 Å². The molecule has 1 N–H and O–H groups in total. The van der Waals surface area contributed by atoms with Crippen LogP contribution in [-0.4, -0.2) is 61.7 Å². The van der Waals surface area contributed by atoms with Crippen molar-refractivity contribution in [3.8, 4) is 0 Å². The number of carbonyl (C=O) groups is 2. The lowest BCUT2D eigenvalue weighted by atomic mass is 10.0. The molecule has 0 bridgehead atoms. The van der Waals surface area contributed by atoms with Crippen LogP contribution in [0.5, 0.6) is 0 Å². The summed E-state index contributed by atoms with van der Waals surface area (Å²) in [5.74, 6) is -0.130. The average molecular weight is 454 g/mol. The van der Waals surface area contributed by atoms with Gasteiger partial charge in [-0.3, -0.25) is 9.59 Å². The highest BCUT2D eigenvalue weighted by Gasteiger charge is 2.40. The molecule has 1 saturated carbocycles. The third-order valence-corrected chi connectivity index (χ3v) is 8.31. The first-order chi connectivity index (χ1) is 14.3. The maximum Gasteiger partial charge on any atom is 0.240 e. The Morgan fingerprint density at radius 1 is 1.03 bits per heavy atom. The van der Waals surface area contributed by atoms with Crippen molar-refractivity contribution in [2.75, 3.05) is 19.6 Å². The Labute approximate surface area is 182 Å². The van der Waals surface area contributed by atoms with E-state index < -0.39 is 10.0 Å². The summed E-state index contributed by atoms with van der Waals surface area (Å²) >= 11 is 5.83. The van der Waals surface area contributed by atoms with Crippen molar-refractivity contribution < 1.29 is 18.0 Å². The molecule has 1 aliphatic carbocycles. The first-order valence-corrected chi connectivity index (χ1v) is 12.6. The Morgan fingerprint density at radius 2 is 1.67 bits per heavy atom. The van der Waals surface area contributed by atoms with E-state index in [1.54, 1.807) is 17.0 Å². The Hall–Kier alpha value is -1.64. The van der Waals surface area contributed by atoms with Crippen molar-refractivity contribution in [3.63, 3.8) is 0 Å². The smallest absolute Gasteiger partial charge is 0.240 e. The van der Waals surface area contributed by atoms with Gasteiger partial charge in [-0.25, -0.2) is 13.1 Å². The van der Waals surface area contributed by atoms with Crippen molar-refractivity contribution in [1.29, 1.82) is 0 Å². The van der Waals surface area contributed by atoms with Crippen molar-refractivity contribution in [2.24, 2.45) is 5.92 Å². The van der Waals surface area contributed by atoms with Crippen LogP contribution in [0.15, 0.2) is 29.2 Å². The molecule has 1 aromatic rings. The van der Waals surface area contributed by atoms with E-state index in [0.717, 1.165) is 25.7 Å². The van der Waals surface area contributed by atoms with Gasteiger partial charge in [0.25, 0.3) is 0 Å². The number of carbonyl (C=O) groups excluding carboxylic acids is 2. The molecule has 1 atom stereocenters. The van der Waals surface area contributed by atoms with Gasteiger partial charge in [-0.2, -0.15) is 0 Å². The Balaban J connectivity index is 1.29. The predicted octanol–water partition coefficient (Wildman–Crippen LogP) is 2.40. The number of rotatable bonds is 5. The van der Waals surface area contributed by atoms with Gasteiger partial charge in [-0.05, 0) is 49.9 Å². The van der Waals surface area contributed by atoms with Gasteiger partial charge in [0.1, 0.15) is 0 Å². The number of hydrogen-bond acceptors (Lipinski definition) is 4. The number of hydrogen-bond donors (Lipinski definition) is 1. The largest absolute Gasteiger partial charge is 0.342 e. The number of sulfonamides is 1. The highest BCUT2D eigenvalue weighted by molar-refractivity contribution is 7.89. The molecular formula is C21H28ClN3O4S.